The first-order valence-corrected chi connectivity index (χ1v) is 9.32. The Kier molecular flexibility index (Phi) is 4.30. The molecule has 0 amide bonds. The minimum atomic E-state index is -1.49. The lowest BCUT2D eigenvalue weighted by Gasteiger charge is -2.40. The summed E-state index contributed by atoms with van der Waals surface area (Å²) in [4.78, 5) is 13.4. The SMILES string of the molecule is C=CCC1(C(=O)c2ccccc2)OC2CC[C@](C)(O)[C@@]2(c2ccccc2)O1. The van der Waals surface area contributed by atoms with E-state index >= 15 is 0 Å². The summed E-state index contributed by atoms with van der Waals surface area (Å²) in [5.41, 5.74) is -0.910. The van der Waals surface area contributed by atoms with E-state index in [1.165, 1.54) is 0 Å². The van der Waals surface area contributed by atoms with Gasteiger partial charge in [-0.05, 0) is 25.3 Å². The Morgan fingerprint density at radius 3 is 2.44 bits per heavy atom. The fourth-order valence-electron chi connectivity index (χ4n) is 4.50. The van der Waals surface area contributed by atoms with Crippen molar-refractivity contribution in [1.82, 2.24) is 0 Å². The van der Waals surface area contributed by atoms with Crippen LogP contribution in [0.1, 0.15) is 42.1 Å². The van der Waals surface area contributed by atoms with Crippen molar-refractivity contribution >= 4 is 5.78 Å². The Morgan fingerprint density at radius 1 is 1.19 bits per heavy atom. The summed E-state index contributed by atoms with van der Waals surface area (Å²) in [6.07, 6.45) is 2.58. The maximum Gasteiger partial charge on any atom is 0.238 e. The van der Waals surface area contributed by atoms with Crippen LogP contribution in [0.15, 0.2) is 73.3 Å². The molecular formula is C23H24O4. The second kappa shape index (κ2) is 6.41. The zero-order valence-electron chi connectivity index (χ0n) is 15.4. The van der Waals surface area contributed by atoms with Gasteiger partial charge in [-0.25, -0.2) is 0 Å². The molecule has 0 spiro atoms. The summed E-state index contributed by atoms with van der Waals surface area (Å²) >= 11 is 0. The molecule has 0 radical (unpaired) electrons. The highest BCUT2D eigenvalue weighted by Gasteiger charge is 2.70. The van der Waals surface area contributed by atoms with Crippen molar-refractivity contribution in [3.05, 3.63) is 84.4 Å². The molecule has 1 saturated carbocycles. The van der Waals surface area contributed by atoms with E-state index in [1.807, 2.05) is 48.5 Å². The summed E-state index contributed by atoms with van der Waals surface area (Å²) in [5, 5.41) is 11.3. The molecule has 2 aromatic rings. The third-order valence-electron chi connectivity index (χ3n) is 5.80. The molecule has 2 aromatic carbocycles. The van der Waals surface area contributed by atoms with Crippen molar-refractivity contribution in [2.75, 3.05) is 0 Å². The second-order valence-electron chi connectivity index (χ2n) is 7.56. The van der Waals surface area contributed by atoms with Crippen LogP contribution in [0.5, 0.6) is 0 Å². The molecule has 0 aromatic heterocycles. The molecule has 0 bridgehead atoms. The van der Waals surface area contributed by atoms with E-state index in [-0.39, 0.29) is 12.2 Å². The molecule has 2 aliphatic rings. The van der Waals surface area contributed by atoms with Crippen molar-refractivity contribution in [3.63, 3.8) is 0 Å². The first-order valence-electron chi connectivity index (χ1n) is 9.32. The topological polar surface area (TPSA) is 55.8 Å². The van der Waals surface area contributed by atoms with E-state index in [1.54, 1.807) is 25.1 Å². The van der Waals surface area contributed by atoms with Crippen molar-refractivity contribution in [3.8, 4) is 0 Å². The number of ether oxygens (including phenoxy) is 2. The molecule has 1 aliphatic heterocycles. The third-order valence-corrected chi connectivity index (χ3v) is 5.80. The van der Waals surface area contributed by atoms with Gasteiger partial charge in [0.15, 0.2) is 5.60 Å². The van der Waals surface area contributed by atoms with E-state index in [4.69, 9.17) is 9.47 Å². The number of carbonyl (C=O) groups excluding carboxylic acids is 1. The van der Waals surface area contributed by atoms with Gasteiger partial charge in [0.05, 0.1) is 11.7 Å². The van der Waals surface area contributed by atoms with Gasteiger partial charge in [0, 0.05) is 12.0 Å². The van der Waals surface area contributed by atoms with Crippen molar-refractivity contribution in [2.45, 2.75) is 49.3 Å². The molecule has 4 atom stereocenters. The predicted molar refractivity (Wildman–Crippen MR) is 102 cm³/mol. The van der Waals surface area contributed by atoms with Crippen LogP contribution in [0, 0.1) is 0 Å². The number of fused-ring (bicyclic) bond motifs is 1. The second-order valence-corrected chi connectivity index (χ2v) is 7.56. The minimum Gasteiger partial charge on any atom is -0.387 e. The Balaban J connectivity index is 1.84. The van der Waals surface area contributed by atoms with Gasteiger partial charge in [0.2, 0.25) is 11.6 Å². The van der Waals surface area contributed by atoms with E-state index < -0.39 is 23.1 Å². The predicted octanol–water partition coefficient (Wildman–Crippen LogP) is 4.00. The maximum absolute atomic E-state index is 13.4. The van der Waals surface area contributed by atoms with Gasteiger partial charge >= 0.3 is 0 Å². The van der Waals surface area contributed by atoms with Gasteiger partial charge < -0.3 is 14.6 Å². The highest BCUT2D eigenvalue weighted by atomic mass is 16.8. The van der Waals surface area contributed by atoms with Gasteiger partial charge in [-0.1, -0.05) is 66.7 Å². The van der Waals surface area contributed by atoms with Crippen LogP contribution in [0.3, 0.4) is 0 Å². The molecule has 4 heteroatoms. The summed E-state index contributed by atoms with van der Waals surface area (Å²) in [6, 6.07) is 18.6. The summed E-state index contributed by atoms with van der Waals surface area (Å²) < 4.78 is 12.8. The maximum atomic E-state index is 13.4. The molecule has 1 heterocycles. The first-order chi connectivity index (χ1) is 13.0. The molecule has 2 fully saturated rings. The fraction of sp³-hybridized carbons (Fsp3) is 0.348. The average molecular weight is 364 g/mol. The van der Waals surface area contributed by atoms with Crippen molar-refractivity contribution < 1.29 is 19.4 Å². The van der Waals surface area contributed by atoms with Crippen LogP contribution in [0.2, 0.25) is 0 Å². The molecule has 27 heavy (non-hydrogen) atoms. The number of rotatable bonds is 5. The van der Waals surface area contributed by atoms with Crippen LogP contribution < -0.4 is 0 Å². The number of ketones is 1. The van der Waals surface area contributed by atoms with Crippen LogP contribution in [0.4, 0.5) is 0 Å². The lowest BCUT2D eigenvalue weighted by molar-refractivity contribution is -0.204. The quantitative estimate of drug-likeness (QED) is 0.644. The fourth-order valence-corrected chi connectivity index (χ4v) is 4.50. The minimum absolute atomic E-state index is 0.210. The van der Waals surface area contributed by atoms with Crippen LogP contribution in [-0.4, -0.2) is 28.4 Å². The Hall–Kier alpha value is -2.27. The van der Waals surface area contributed by atoms with E-state index in [9.17, 15) is 9.90 Å². The summed E-state index contributed by atoms with van der Waals surface area (Å²) in [6.45, 7) is 5.56. The highest BCUT2D eigenvalue weighted by molar-refractivity contribution is 6.02. The number of hydrogen-bond donors (Lipinski definition) is 1. The number of hydrogen-bond acceptors (Lipinski definition) is 4. The monoisotopic (exact) mass is 364 g/mol. The number of carbonyl (C=O) groups is 1. The van der Waals surface area contributed by atoms with Gasteiger partial charge in [0.25, 0.3) is 0 Å². The van der Waals surface area contributed by atoms with E-state index in [2.05, 4.69) is 6.58 Å². The van der Waals surface area contributed by atoms with Crippen LogP contribution in [-0.2, 0) is 15.1 Å². The number of aliphatic hydroxyl groups is 1. The summed E-state index contributed by atoms with van der Waals surface area (Å²) in [7, 11) is 0. The normalized spacial score (nSPS) is 35.0. The van der Waals surface area contributed by atoms with Gasteiger partial charge in [-0.2, -0.15) is 0 Å². The third kappa shape index (κ3) is 2.59. The van der Waals surface area contributed by atoms with Gasteiger partial charge in [0.1, 0.15) is 0 Å². The van der Waals surface area contributed by atoms with Crippen LogP contribution in [0.25, 0.3) is 0 Å². The zero-order chi connectivity index (χ0) is 19.1. The Morgan fingerprint density at radius 2 is 1.81 bits per heavy atom. The lowest BCUT2D eigenvalue weighted by atomic mass is 9.80. The smallest absolute Gasteiger partial charge is 0.238 e. The molecule has 140 valence electrons. The molecule has 1 aliphatic carbocycles. The van der Waals surface area contributed by atoms with Crippen LogP contribution >= 0.6 is 0 Å². The van der Waals surface area contributed by atoms with Gasteiger partial charge in [-0.3, -0.25) is 4.79 Å². The molecule has 1 saturated heterocycles. The largest absolute Gasteiger partial charge is 0.387 e. The Bertz CT molecular complexity index is 845. The van der Waals surface area contributed by atoms with Gasteiger partial charge in [-0.15, -0.1) is 6.58 Å². The molecule has 4 rings (SSSR count). The zero-order valence-corrected chi connectivity index (χ0v) is 15.4. The number of Topliss-reactive ketones (excluding diaryl/α,β-unsaturated/α-hetero) is 1. The number of benzene rings is 2. The van der Waals surface area contributed by atoms with Crippen molar-refractivity contribution in [2.24, 2.45) is 0 Å². The first kappa shape index (κ1) is 18.1. The molecule has 1 N–H and O–H groups in total. The average Bonchev–Trinajstić information content (AvgIpc) is 3.16. The summed E-state index contributed by atoms with van der Waals surface area (Å²) in [5.74, 6) is -1.74. The van der Waals surface area contributed by atoms with E-state index in [0.717, 1.165) is 5.56 Å². The Labute approximate surface area is 159 Å². The lowest BCUT2D eigenvalue weighted by Crippen LogP contribution is -2.52. The van der Waals surface area contributed by atoms with Crippen molar-refractivity contribution in [1.29, 1.82) is 0 Å². The molecule has 4 nitrogen and oxygen atoms in total. The van der Waals surface area contributed by atoms with E-state index in [0.29, 0.717) is 18.4 Å². The standard InChI is InChI=1S/C23H24O4/c1-3-15-22(20(24)17-10-6-4-7-11-17)26-19-14-16-21(2,25)23(19,27-22)18-12-8-5-9-13-18/h3-13,19,25H,1,14-16H2,2H3/t19?,21-,22?,23-/m0/s1. The molecule has 2 unspecified atom stereocenters. The molecular weight excluding hydrogens is 340 g/mol. The highest BCUT2D eigenvalue weighted by Crippen LogP contribution is 2.58.